The van der Waals surface area contributed by atoms with Gasteiger partial charge >= 0.3 is 5.97 Å². The van der Waals surface area contributed by atoms with Crippen LogP contribution in [0, 0.1) is 5.92 Å². The zero-order chi connectivity index (χ0) is 13.2. The number of carbonyl (C=O) groups excluding carboxylic acids is 1. The summed E-state index contributed by atoms with van der Waals surface area (Å²) in [4.78, 5) is 20.4. The second-order valence-electron chi connectivity index (χ2n) is 5.68. The van der Waals surface area contributed by atoms with Crippen molar-refractivity contribution in [2.45, 2.75) is 50.4 Å². The molecule has 2 aliphatic carbocycles. The SMILES string of the molecule is COC(=O)[C@@H]1C[C@H]1c1cnc(C2CCCCC2)nc1. The van der Waals surface area contributed by atoms with Crippen molar-refractivity contribution < 1.29 is 9.53 Å². The molecule has 4 nitrogen and oxygen atoms in total. The number of rotatable bonds is 3. The van der Waals surface area contributed by atoms with Crippen LogP contribution in [0.3, 0.4) is 0 Å². The summed E-state index contributed by atoms with van der Waals surface area (Å²) in [5.74, 6) is 1.71. The summed E-state index contributed by atoms with van der Waals surface area (Å²) in [6.07, 6.45) is 11.1. The molecule has 1 aromatic heterocycles. The van der Waals surface area contributed by atoms with Gasteiger partial charge in [-0.05, 0) is 24.8 Å². The van der Waals surface area contributed by atoms with E-state index in [0.717, 1.165) is 17.8 Å². The summed E-state index contributed by atoms with van der Waals surface area (Å²) >= 11 is 0. The average molecular weight is 260 g/mol. The van der Waals surface area contributed by atoms with Crippen LogP contribution in [0.1, 0.15) is 61.7 Å². The predicted molar refractivity (Wildman–Crippen MR) is 70.7 cm³/mol. The van der Waals surface area contributed by atoms with Crippen molar-refractivity contribution in [1.82, 2.24) is 9.97 Å². The van der Waals surface area contributed by atoms with E-state index >= 15 is 0 Å². The summed E-state index contributed by atoms with van der Waals surface area (Å²) in [7, 11) is 1.44. The van der Waals surface area contributed by atoms with Crippen LogP contribution in [0.15, 0.2) is 12.4 Å². The van der Waals surface area contributed by atoms with Crippen molar-refractivity contribution >= 4 is 5.97 Å². The van der Waals surface area contributed by atoms with E-state index in [1.807, 2.05) is 12.4 Å². The van der Waals surface area contributed by atoms with Crippen molar-refractivity contribution in [2.75, 3.05) is 7.11 Å². The zero-order valence-corrected chi connectivity index (χ0v) is 11.3. The molecule has 2 atom stereocenters. The molecule has 4 heteroatoms. The van der Waals surface area contributed by atoms with Gasteiger partial charge in [0.1, 0.15) is 5.82 Å². The molecule has 0 N–H and O–H groups in total. The van der Waals surface area contributed by atoms with E-state index in [-0.39, 0.29) is 17.8 Å². The van der Waals surface area contributed by atoms with Gasteiger partial charge in [0.2, 0.25) is 0 Å². The number of esters is 1. The van der Waals surface area contributed by atoms with Crippen molar-refractivity contribution in [3.05, 3.63) is 23.8 Å². The monoisotopic (exact) mass is 260 g/mol. The van der Waals surface area contributed by atoms with Gasteiger partial charge in [-0.2, -0.15) is 0 Å². The van der Waals surface area contributed by atoms with Crippen molar-refractivity contribution in [3.63, 3.8) is 0 Å². The molecule has 2 fully saturated rings. The Labute approximate surface area is 113 Å². The van der Waals surface area contributed by atoms with Gasteiger partial charge < -0.3 is 4.74 Å². The molecule has 0 radical (unpaired) electrons. The van der Waals surface area contributed by atoms with Gasteiger partial charge in [-0.3, -0.25) is 4.79 Å². The minimum Gasteiger partial charge on any atom is -0.469 e. The van der Waals surface area contributed by atoms with Gasteiger partial charge in [-0.15, -0.1) is 0 Å². The lowest BCUT2D eigenvalue weighted by atomic mass is 9.88. The molecule has 1 aromatic rings. The Bertz CT molecular complexity index is 452. The summed E-state index contributed by atoms with van der Waals surface area (Å²) in [6.45, 7) is 0. The van der Waals surface area contributed by atoms with Crippen LogP contribution < -0.4 is 0 Å². The maximum Gasteiger partial charge on any atom is 0.309 e. The van der Waals surface area contributed by atoms with Crippen LogP contribution in [0.25, 0.3) is 0 Å². The number of hydrogen-bond acceptors (Lipinski definition) is 4. The van der Waals surface area contributed by atoms with E-state index in [1.165, 1.54) is 39.2 Å². The first-order chi connectivity index (χ1) is 9.29. The molecule has 2 aliphatic rings. The summed E-state index contributed by atoms with van der Waals surface area (Å²) in [5, 5.41) is 0. The van der Waals surface area contributed by atoms with E-state index in [9.17, 15) is 4.79 Å². The molecular weight excluding hydrogens is 240 g/mol. The van der Waals surface area contributed by atoms with Gasteiger partial charge in [0.05, 0.1) is 13.0 Å². The summed E-state index contributed by atoms with van der Waals surface area (Å²) in [5.41, 5.74) is 1.08. The molecule has 0 spiro atoms. The fourth-order valence-corrected chi connectivity index (χ4v) is 3.09. The Hall–Kier alpha value is -1.45. The van der Waals surface area contributed by atoms with Crippen molar-refractivity contribution in [3.8, 4) is 0 Å². The van der Waals surface area contributed by atoms with Crippen LogP contribution in [0.2, 0.25) is 0 Å². The lowest BCUT2D eigenvalue weighted by molar-refractivity contribution is -0.142. The first-order valence-electron chi connectivity index (χ1n) is 7.19. The molecule has 0 aliphatic heterocycles. The van der Waals surface area contributed by atoms with Crippen LogP contribution in [0.5, 0.6) is 0 Å². The number of aromatic nitrogens is 2. The largest absolute Gasteiger partial charge is 0.469 e. The van der Waals surface area contributed by atoms with Crippen LogP contribution in [0.4, 0.5) is 0 Å². The molecule has 3 rings (SSSR count). The van der Waals surface area contributed by atoms with Gasteiger partial charge in [0.15, 0.2) is 0 Å². The number of nitrogens with zero attached hydrogens (tertiary/aromatic N) is 2. The molecule has 0 unspecified atom stereocenters. The maximum atomic E-state index is 11.4. The third-order valence-corrected chi connectivity index (χ3v) is 4.38. The standard InChI is InChI=1S/C15H20N2O2/c1-19-15(18)13-7-12(13)11-8-16-14(17-9-11)10-5-3-2-4-6-10/h8-10,12-13H,2-7H2,1H3/t12-,13+/m0/s1. The van der Waals surface area contributed by atoms with Crippen LogP contribution in [-0.4, -0.2) is 23.0 Å². The highest BCUT2D eigenvalue weighted by atomic mass is 16.5. The highest BCUT2D eigenvalue weighted by molar-refractivity contribution is 5.77. The number of methoxy groups -OCH3 is 1. The van der Waals surface area contributed by atoms with E-state index in [4.69, 9.17) is 4.74 Å². The minimum absolute atomic E-state index is 0.0223. The molecule has 19 heavy (non-hydrogen) atoms. The minimum atomic E-state index is -0.110. The predicted octanol–water partition coefficient (Wildman–Crippen LogP) is 2.80. The Morgan fingerprint density at radius 1 is 1.21 bits per heavy atom. The molecule has 0 amide bonds. The number of ether oxygens (including phenoxy) is 1. The summed E-state index contributed by atoms with van der Waals surface area (Å²) in [6, 6.07) is 0. The first-order valence-corrected chi connectivity index (χ1v) is 7.19. The quantitative estimate of drug-likeness (QED) is 0.784. The van der Waals surface area contributed by atoms with Gasteiger partial charge in [-0.1, -0.05) is 19.3 Å². The van der Waals surface area contributed by atoms with E-state index in [0.29, 0.717) is 5.92 Å². The highest BCUT2D eigenvalue weighted by Gasteiger charge is 2.45. The van der Waals surface area contributed by atoms with Gasteiger partial charge in [0.25, 0.3) is 0 Å². The Kier molecular flexibility index (Phi) is 3.49. The second kappa shape index (κ2) is 5.27. The lowest BCUT2D eigenvalue weighted by Gasteiger charge is -2.19. The zero-order valence-electron chi connectivity index (χ0n) is 11.3. The van der Waals surface area contributed by atoms with E-state index in [2.05, 4.69) is 9.97 Å². The Morgan fingerprint density at radius 3 is 2.53 bits per heavy atom. The highest BCUT2D eigenvalue weighted by Crippen LogP contribution is 2.47. The van der Waals surface area contributed by atoms with Crippen LogP contribution >= 0.6 is 0 Å². The van der Waals surface area contributed by atoms with E-state index in [1.54, 1.807) is 0 Å². The topological polar surface area (TPSA) is 52.1 Å². The molecule has 0 aromatic carbocycles. The summed E-state index contributed by atoms with van der Waals surface area (Å²) < 4.78 is 4.77. The second-order valence-corrected chi connectivity index (χ2v) is 5.68. The number of carbonyl (C=O) groups is 1. The van der Waals surface area contributed by atoms with E-state index < -0.39 is 0 Å². The fraction of sp³-hybridized carbons (Fsp3) is 0.667. The Morgan fingerprint density at radius 2 is 1.89 bits per heavy atom. The maximum absolute atomic E-state index is 11.4. The van der Waals surface area contributed by atoms with Gasteiger partial charge in [-0.25, -0.2) is 9.97 Å². The normalized spacial score (nSPS) is 27.0. The lowest BCUT2D eigenvalue weighted by Crippen LogP contribution is -2.09. The molecule has 102 valence electrons. The van der Waals surface area contributed by atoms with Crippen LogP contribution in [-0.2, 0) is 9.53 Å². The fourth-order valence-electron chi connectivity index (χ4n) is 3.09. The molecule has 2 saturated carbocycles. The van der Waals surface area contributed by atoms with Crippen molar-refractivity contribution in [1.29, 1.82) is 0 Å². The first kappa shape index (κ1) is 12.6. The average Bonchev–Trinajstić information content (AvgIpc) is 3.28. The third-order valence-electron chi connectivity index (χ3n) is 4.38. The molecule has 0 bridgehead atoms. The third kappa shape index (κ3) is 2.62. The van der Waals surface area contributed by atoms with Gasteiger partial charge in [0, 0.05) is 24.2 Å². The molecule has 0 saturated heterocycles. The molecular formula is C15H20N2O2. The number of hydrogen-bond donors (Lipinski definition) is 0. The molecule has 1 heterocycles. The smallest absolute Gasteiger partial charge is 0.309 e. The van der Waals surface area contributed by atoms with Crippen molar-refractivity contribution in [2.24, 2.45) is 5.92 Å². The Balaban J connectivity index is 1.65.